The smallest absolute Gasteiger partial charge is 0.238 e. The molecule has 82 valence electrons. The lowest BCUT2D eigenvalue weighted by Crippen LogP contribution is -2.27. The predicted molar refractivity (Wildman–Crippen MR) is 60.0 cm³/mol. The van der Waals surface area contributed by atoms with E-state index in [1.165, 1.54) is 0 Å². The second kappa shape index (κ2) is 4.79. The number of hydrogen-bond acceptors (Lipinski definition) is 3. The molecule has 0 heterocycles. The minimum atomic E-state index is -0.0647. The fourth-order valence-electron chi connectivity index (χ4n) is 1.22. The van der Waals surface area contributed by atoms with Crippen LogP contribution < -0.4 is 5.32 Å². The van der Waals surface area contributed by atoms with Gasteiger partial charge in [0.2, 0.25) is 5.91 Å². The number of anilines is 1. The van der Waals surface area contributed by atoms with Crippen molar-refractivity contribution in [3.05, 3.63) is 23.8 Å². The quantitative estimate of drug-likeness (QED) is 0.734. The fraction of sp³-hybridized carbons (Fsp3) is 0.364. The molecule has 4 heteroatoms. The fourth-order valence-corrected chi connectivity index (χ4v) is 1.22. The van der Waals surface area contributed by atoms with Crippen LogP contribution in [0.4, 0.5) is 5.69 Å². The SMILES string of the molecule is Cc1cc(NC(=O)CN(C)C)ccc1O. The molecule has 0 saturated heterocycles. The first-order chi connectivity index (χ1) is 6.99. The molecule has 0 saturated carbocycles. The molecule has 0 radical (unpaired) electrons. The predicted octanol–water partition coefficient (Wildman–Crippen LogP) is 1.20. The second-order valence-corrected chi connectivity index (χ2v) is 3.79. The van der Waals surface area contributed by atoms with Crippen LogP contribution in [0.15, 0.2) is 18.2 Å². The van der Waals surface area contributed by atoms with Crippen LogP contribution in [0.2, 0.25) is 0 Å². The summed E-state index contributed by atoms with van der Waals surface area (Å²) in [4.78, 5) is 13.2. The average molecular weight is 208 g/mol. The van der Waals surface area contributed by atoms with Gasteiger partial charge in [-0.1, -0.05) is 0 Å². The van der Waals surface area contributed by atoms with E-state index in [1.807, 2.05) is 14.1 Å². The number of rotatable bonds is 3. The van der Waals surface area contributed by atoms with E-state index in [2.05, 4.69) is 5.32 Å². The highest BCUT2D eigenvalue weighted by molar-refractivity contribution is 5.92. The molecule has 0 aromatic heterocycles. The molecule has 0 aliphatic rings. The van der Waals surface area contributed by atoms with Gasteiger partial charge in [-0.3, -0.25) is 4.79 Å². The maximum absolute atomic E-state index is 11.4. The van der Waals surface area contributed by atoms with E-state index in [9.17, 15) is 9.90 Å². The zero-order valence-corrected chi connectivity index (χ0v) is 9.24. The van der Waals surface area contributed by atoms with Crippen molar-refractivity contribution in [1.82, 2.24) is 4.90 Å². The summed E-state index contributed by atoms with van der Waals surface area (Å²) >= 11 is 0. The number of nitrogens with one attached hydrogen (secondary N) is 1. The minimum absolute atomic E-state index is 0.0647. The summed E-state index contributed by atoms with van der Waals surface area (Å²) in [6, 6.07) is 4.99. The van der Waals surface area contributed by atoms with Crippen LogP contribution in [0.5, 0.6) is 5.75 Å². The Bertz CT molecular complexity index is 362. The number of phenols is 1. The molecule has 0 aliphatic carbocycles. The summed E-state index contributed by atoms with van der Waals surface area (Å²) in [5.41, 5.74) is 1.45. The topological polar surface area (TPSA) is 52.6 Å². The molecule has 15 heavy (non-hydrogen) atoms. The van der Waals surface area contributed by atoms with E-state index in [1.54, 1.807) is 30.0 Å². The van der Waals surface area contributed by atoms with Crippen LogP contribution >= 0.6 is 0 Å². The Morgan fingerprint density at radius 2 is 2.13 bits per heavy atom. The lowest BCUT2D eigenvalue weighted by molar-refractivity contribution is -0.116. The van der Waals surface area contributed by atoms with Gasteiger partial charge in [0.15, 0.2) is 0 Å². The zero-order valence-electron chi connectivity index (χ0n) is 9.24. The Balaban J connectivity index is 2.65. The van der Waals surface area contributed by atoms with Crippen molar-refractivity contribution in [2.24, 2.45) is 0 Å². The van der Waals surface area contributed by atoms with Gasteiger partial charge in [-0.15, -0.1) is 0 Å². The summed E-state index contributed by atoms with van der Waals surface area (Å²) in [5.74, 6) is 0.172. The summed E-state index contributed by atoms with van der Waals surface area (Å²) < 4.78 is 0. The highest BCUT2D eigenvalue weighted by atomic mass is 16.3. The summed E-state index contributed by atoms with van der Waals surface area (Å²) in [6.07, 6.45) is 0. The Kier molecular flexibility index (Phi) is 3.68. The van der Waals surface area contributed by atoms with Crippen LogP contribution in [0.3, 0.4) is 0 Å². The molecule has 1 aromatic rings. The average Bonchev–Trinajstić information content (AvgIpc) is 2.10. The monoisotopic (exact) mass is 208 g/mol. The number of carbonyl (C=O) groups is 1. The molecule has 0 spiro atoms. The molecule has 0 aliphatic heterocycles. The Morgan fingerprint density at radius 3 is 2.67 bits per heavy atom. The van der Waals surface area contributed by atoms with Gasteiger partial charge in [-0.05, 0) is 44.8 Å². The largest absolute Gasteiger partial charge is 0.508 e. The van der Waals surface area contributed by atoms with Gasteiger partial charge >= 0.3 is 0 Å². The molecule has 4 nitrogen and oxygen atoms in total. The number of amides is 1. The van der Waals surface area contributed by atoms with E-state index in [0.29, 0.717) is 12.2 Å². The molecule has 0 unspecified atom stereocenters. The standard InChI is InChI=1S/C11H16N2O2/c1-8-6-9(4-5-10(8)14)12-11(15)7-13(2)3/h4-6,14H,7H2,1-3H3,(H,12,15). The normalized spacial score (nSPS) is 10.4. The van der Waals surface area contributed by atoms with Gasteiger partial charge in [-0.2, -0.15) is 0 Å². The first kappa shape index (κ1) is 11.5. The third kappa shape index (κ3) is 3.59. The molecule has 0 atom stereocenters. The molecular formula is C11H16N2O2. The number of carbonyl (C=O) groups excluding carboxylic acids is 1. The number of nitrogens with zero attached hydrogens (tertiary/aromatic N) is 1. The van der Waals surface area contributed by atoms with E-state index in [4.69, 9.17) is 0 Å². The highest BCUT2D eigenvalue weighted by Crippen LogP contribution is 2.19. The van der Waals surface area contributed by atoms with Crippen LogP contribution in [-0.4, -0.2) is 36.6 Å². The zero-order chi connectivity index (χ0) is 11.4. The molecule has 1 rings (SSSR count). The Hall–Kier alpha value is -1.55. The first-order valence-electron chi connectivity index (χ1n) is 4.73. The van der Waals surface area contributed by atoms with Crippen LogP contribution in [0.1, 0.15) is 5.56 Å². The summed E-state index contributed by atoms with van der Waals surface area (Å²) in [6.45, 7) is 2.14. The van der Waals surface area contributed by atoms with Crippen LogP contribution in [-0.2, 0) is 4.79 Å². The third-order valence-electron chi connectivity index (χ3n) is 1.94. The number of aromatic hydroxyl groups is 1. The van der Waals surface area contributed by atoms with Crippen molar-refractivity contribution in [2.75, 3.05) is 26.0 Å². The van der Waals surface area contributed by atoms with E-state index in [-0.39, 0.29) is 11.7 Å². The maximum Gasteiger partial charge on any atom is 0.238 e. The number of phenolic OH excluding ortho intramolecular Hbond substituents is 1. The van der Waals surface area contributed by atoms with Crippen molar-refractivity contribution < 1.29 is 9.90 Å². The highest BCUT2D eigenvalue weighted by Gasteiger charge is 2.04. The van der Waals surface area contributed by atoms with Crippen molar-refractivity contribution in [2.45, 2.75) is 6.92 Å². The molecule has 1 aromatic carbocycles. The number of aryl methyl sites for hydroxylation is 1. The van der Waals surface area contributed by atoms with E-state index < -0.39 is 0 Å². The molecule has 0 bridgehead atoms. The van der Waals surface area contributed by atoms with Gasteiger partial charge in [0.25, 0.3) is 0 Å². The summed E-state index contributed by atoms with van der Waals surface area (Å²) in [7, 11) is 3.67. The van der Waals surface area contributed by atoms with Crippen LogP contribution in [0.25, 0.3) is 0 Å². The van der Waals surface area contributed by atoms with Gasteiger partial charge < -0.3 is 15.3 Å². The molecular weight excluding hydrogens is 192 g/mol. The van der Waals surface area contributed by atoms with Crippen molar-refractivity contribution >= 4 is 11.6 Å². The van der Waals surface area contributed by atoms with E-state index in [0.717, 1.165) is 5.56 Å². The first-order valence-corrected chi connectivity index (χ1v) is 4.73. The second-order valence-electron chi connectivity index (χ2n) is 3.79. The van der Waals surface area contributed by atoms with Gasteiger partial charge in [0.05, 0.1) is 6.54 Å². The van der Waals surface area contributed by atoms with Gasteiger partial charge in [-0.25, -0.2) is 0 Å². The molecule has 0 fully saturated rings. The Labute approximate surface area is 89.5 Å². The minimum Gasteiger partial charge on any atom is -0.508 e. The molecule has 2 N–H and O–H groups in total. The summed E-state index contributed by atoms with van der Waals surface area (Å²) in [5, 5.41) is 12.1. The lowest BCUT2D eigenvalue weighted by atomic mass is 10.2. The maximum atomic E-state index is 11.4. The lowest BCUT2D eigenvalue weighted by Gasteiger charge is -2.10. The van der Waals surface area contributed by atoms with Crippen molar-refractivity contribution in [1.29, 1.82) is 0 Å². The van der Waals surface area contributed by atoms with Crippen molar-refractivity contribution in [3.63, 3.8) is 0 Å². The van der Waals surface area contributed by atoms with Crippen LogP contribution in [0, 0.1) is 6.92 Å². The van der Waals surface area contributed by atoms with Gasteiger partial charge in [0, 0.05) is 5.69 Å². The number of benzene rings is 1. The number of hydrogen-bond donors (Lipinski definition) is 2. The van der Waals surface area contributed by atoms with Gasteiger partial charge in [0.1, 0.15) is 5.75 Å². The number of likely N-dealkylation sites (N-methyl/N-ethyl adjacent to an activating group) is 1. The van der Waals surface area contributed by atoms with Crippen molar-refractivity contribution in [3.8, 4) is 5.75 Å². The Morgan fingerprint density at radius 1 is 1.47 bits per heavy atom. The third-order valence-corrected chi connectivity index (χ3v) is 1.94. The molecule has 1 amide bonds. The van der Waals surface area contributed by atoms with E-state index >= 15 is 0 Å².